The van der Waals surface area contributed by atoms with E-state index in [2.05, 4.69) is 5.32 Å². The van der Waals surface area contributed by atoms with Crippen LogP contribution in [-0.2, 0) is 13.2 Å². The molecule has 0 aliphatic carbocycles. The number of rotatable bonds is 6. The van der Waals surface area contributed by atoms with Crippen molar-refractivity contribution in [3.05, 3.63) is 102 Å². The van der Waals surface area contributed by atoms with E-state index in [1.165, 1.54) is 0 Å². The Morgan fingerprint density at radius 3 is 2.04 bits per heavy atom. The van der Waals surface area contributed by atoms with Crippen molar-refractivity contribution in [2.45, 2.75) is 13.2 Å². The third-order valence-corrected chi connectivity index (χ3v) is 3.66. The summed E-state index contributed by atoms with van der Waals surface area (Å²) in [5.74, 6) is 0.453. The van der Waals surface area contributed by atoms with E-state index in [9.17, 15) is 4.79 Å². The largest absolute Gasteiger partial charge is 0.488 e. The van der Waals surface area contributed by atoms with E-state index in [4.69, 9.17) is 4.74 Å². The molecule has 120 valence electrons. The summed E-state index contributed by atoms with van der Waals surface area (Å²) in [6.45, 7) is 0.927. The Bertz CT molecular complexity index is 785. The van der Waals surface area contributed by atoms with Crippen LogP contribution in [0.2, 0.25) is 0 Å². The van der Waals surface area contributed by atoms with Crippen LogP contribution in [0.25, 0.3) is 0 Å². The highest BCUT2D eigenvalue weighted by Gasteiger charge is 2.11. The van der Waals surface area contributed by atoms with Crippen molar-refractivity contribution in [2.24, 2.45) is 0 Å². The van der Waals surface area contributed by atoms with Gasteiger partial charge in [0.1, 0.15) is 12.4 Å². The van der Waals surface area contributed by atoms with Crippen molar-refractivity contribution < 1.29 is 9.53 Å². The lowest BCUT2D eigenvalue weighted by atomic mass is 10.1. The maximum absolute atomic E-state index is 12.5. The molecule has 0 saturated carbocycles. The van der Waals surface area contributed by atoms with E-state index < -0.39 is 0 Å². The number of para-hydroxylation sites is 1. The van der Waals surface area contributed by atoms with Crippen LogP contribution in [0.15, 0.2) is 84.9 Å². The average Bonchev–Trinajstić information content (AvgIpc) is 2.66. The lowest BCUT2D eigenvalue weighted by molar-refractivity contribution is 0.0946. The van der Waals surface area contributed by atoms with Crippen LogP contribution in [0.5, 0.6) is 5.75 Å². The predicted molar refractivity (Wildman–Crippen MR) is 94.8 cm³/mol. The fraction of sp³-hybridized carbons (Fsp3) is 0.0952. The van der Waals surface area contributed by atoms with Crippen molar-refractivity contribution >= 4 is 5.91 Å². The first-order chi connectivity index (χ1) is 11.8. The summed E-state index contributed by atoms with van der Waals surface area (Å²) in [6, 6.07) is 27.0. The summed E-state index contributed by atoms with van der Waals surface area (Å²) in [6.07, 6.45) is 0. The number of hydrogen-bond acceptors (Lipinski definition) is 2. The zero-order valence-electron chi connectivity index (χ0n) is 13.3. The van der Waals surface area contributed by atoms with Gasteiger partial charge in [-0.15, -0.1) is 0 Å². The maximum atomic E-state index is 12.5. The Morgan fingerprint density at radius 2 is 1.33 bits per heavy atom. The van der Waals surface area contributed by atoms with Gasteiger partial charge in [-0.3, -0.25) is 4.79 Å². The average molecular weight is 317 g/mol. The van der Waals surface area contributed by atoms with E-state index in [1.54, 1.807) is 6.07 Å². The van der Waals surface area contributed by atoms with Crippen molar-refractivity contribution in [1.82, 2.24) is 5.32 Å². The van der Waals surface area contributed by atoms with E-state index in [-0.39, 0.29) is 5.91 Å². The molecule has 24 heavy (non-hydrogen) atoms. The van der Waals surface area contributed by atoms with Gasteiger partial charge in [0.2, 0.25) is 0 Å². The molecule has 1 amide bonds. The molecule has 3 aromatic carbocycles. The van der Waals surface area contributed by atoms with Gasteiger partial charge in [-0.05, 0) is 23.3 Å². The highest BCUT2D eigenvalue weighted by molar-refractivity contribution is 5.96. The summed E-state index contributed by atoms with van der Waals surface area (Å²) in [4.78, 5) is 12.5. The maximum Gasteiger partial charge on any atom is 0.255 e. The number of benzene rings is 3. The van der Waals surface area contributed by atoms with Gasteiger partial charge in [-0.25, -0.2) is 0 Å². The SMILES string of the molecule is O=C(NCc1ccccc1)c1ccccc1OCc1ccccc1. The van der Waals surface area contributed by atoms with Crippen LogP contribution >= 0.6 is 0 Å². The molecule has 3 aromatic rings. The van der Waals surface area contributed by atoms with Crippen LogP contribution in [0.4, 0.5) is 0 Å². The molecule has 0 unspecified atom stereocenters. The van der Waals surface area contributed by atoms with Gasteiger partial charge < -0.3 is 10.1 Å². The monoisotopic (exact) mass is 317 g/mol. The molecule has 0 spiro atoms. The Morgan fingerprint density at radius 1 is 0.750 bits per heavy atom. The minimum Gasteiger partial charge on any atom is -0.488 e. The first-order valence-electron chi connectivity index (χ1n) is 7.91. The van der Waals surface area contributed by atoms with Crippen LogP contribution in [-0.4, -0.2) is 5.91 Å². The van der Waals surface area contributed by atoms with Gasteiger partial charge in [0.05, 0.1) is 5.56 Å². The molecule has 0 aliphatic heterocycles. The van der Waals surface area contributed by atoms with E-state index >= 15 is 0 Å². The molecule has 0 heterocycles. The molecule has 1 N–H and O–H groups in total. The topological polar surface area (TPSA) is 38.3 Å². The molecule has 0 radical (unpaired) electrons. The smallest absolute Gasteiger partial charge is 0.255 e. The molecule has 0 bridgehead atoms. The zero-order valence-corrected chi connectivity index (χ0v) is 13.3. The van der Waals surface area contributed by atoms with E-state index in [0.29, 0.717) is 24.5 Å². The molecule has 0 fully saturated rings. The number of amides is 1. The van der Waals surface area contributed by atoms with Gasteiger partial charge in [-0.2, -0.15) is 0 Å². The zero-order chi connectivity index (χ0) is 16.6. The van der Waals surface area contributed by atoms with Gasteiger partial charge in [0, 0.05) is 6.54 Å². The number of carbonyl (C=O) groups excluding carboxylic acids is 1. The van der Waals surface area contributed by atoms with Gasteiger partial charge in [-0.1, -0.05) is 72.8 Å². The van der Waals surface area contributed by atoms with Gasteiger partial charge in [0.15, 0.2) is 0 Å². The quantitative estimate of drug-likeness (QED) is 0.740. The molecule has 3 nitrogen and oxygen atoms in total. The summed E-state index contributed by atoms with van der Waals surface area (Å²) >= 11 is 0. The van der Waals surface area contributed by atoms with Crippen molar-refractivity contribution in [1.29, 1.82) is 0 Å². The second-order valence-electron chi connectivity index (χ2n) is 5.44. The summed E-state index contributed by atoms with van der Waals surface area (Å²) in [5, 5.41) is 2.93. The van der Waals surface area contributed by atoms with Crippen molar-refractivity contribution in [2.75, 3.05) is 0 Å². The Balaban J connectivity index is 1.65. The summed E-state index contributed by atoms with van der Waals surface area (Å²) in [7, 11) is 0. The van der Waals surface area contributed by atoms with Crippen molar-refractivity contribution in [3.8, 4) is 5.75 Å². The third kappa shape index (κ3) is 4.23. The summed E-state index contributed by atoms with van der Waals surface area (Å²) in [5.41, 5.74) is 2.68. The van der Waals surface area contributed by atoms with Crippen LogP contribution in [0.3, 0.4) is 0 Å². The molecule has 3 heteroatoms. The van der Waals surface area contributed by atoms with E-state index in [0.717, 1.165) is 11.1 Å². The van der Waals surface area contributed by atoms with Crippen molar-refractivity contribution in [3.63, 3.8) is 0 Å². The molecule has 0 aromatic heterocycles. The Kier molecular flexibility index (Phi) is 5.25. The Hall–Kier alpha value is -3.07. The van der Waals surface area contributed by atoms with Crippen LogP contribution in [0, 0.1) is 0 Å². The lowest BCUT2D eigenvalue weighted by Gasteiger charge is -2.12. The van der Waals surface area contributed by atoms with Gasteiger partial charge >= 0.3 is 0 Å². The highest BCUT2D eigenvalue weighted by atomic mass is 16.5. The second kappa shape index (κ2) is 7.97. The molecule has 0 atom stereocenters. The fourth-order valence-electron chi connectivity index (χ4n) is 2.39. The standard InChI is InChI=1S/C21H19NO2/c23-21(22-15-17-9-3-1-4-10-17)19-13-7-8-14-20(19)24-16-18-11-5-2-6-12-18/h1-14H,15-16H2,(H,22,23). The molecule has 0 aliphatic rings. The fourth-order valence-corrected chi connectivity index (χ4v) is 2.39. The number of hydrogen-bond donors (Lipinski definition) is 1. The highest BCUT2D eigenvalue weighted by Crippen LogP contribution is 2.19. The predicted octanol–water partition coefficient (Wildman–Crippen LogP) is 4.20. The van der Waals surface area contributed by atoms with E-state index in [1.807, 2.05) is 78.9 Å². The normalized spacial score (nSPS) is 10.2. The van der Waals surface area contributed by atoms with Gasteiger partial charge in [0.25, 0.3) is 5.91 Å². The minimum atomic E-state index is -0.137. The first-order valence-corrected chi connectivity index (χ1v) is 7.91. The van der Waals surface area contributed by atoms with Crippen LogP contribution < -0.4 is 10.1 Å². The number of ether oxygens (including phenoxy) is 1. The van der Waals surface area contributed by atoms with Crippen LogP contribution in [0.1, 0.15) is 21.5 Å². The summed E-state index contributed by atoms with van der Waals surface area (Å²) < 4.78 is 5.84. The second-order valence-corrected chi connectivity index (χ2v) is 5.44. The number of nitrogens with one attached hydrogen (secondary N) is 1. The molecule has 0 saturated heterocycles. The minimum absolute atomic E-state index is 0.137. The molecular weight excluding hydrogens is 298 g/mol. The number of carbonyl (C=O) groups is 1. The molecule has 3 rings (SSSR count). The lowest BCUT2D eigenvalue weighted by Crippen LogP contribution is -2.23. The first kappa shape index (κ1) is 15.8. The molecular formula is C21H19NO2. The third-order valence-electron chi connectivity index (χ3n) is 3.66. The Labute approximate surface area is 141 Å².